The zero-order valence-electron chi connectivity index (χ0n) is 16.6. The molecule has 0 fully saturated rings. The van der Waals surface area contributed by atoms with E-state index in [0.717, 1.165) is 56.9 Å². The van der Waals surface area contributed by atoms with Gasteiger partial charge in [0.1, 0.15) is 17.5 Å². The SMILES string of the molecule is CCc1[nH]c2ccccc2c1-c1nc(C2=CC=C(F)CC2)c(-c2ccc(F)cc2)[nH]1. The van der Waals surface area contributed by atoms with Gasteiger partial charge in [0.15, 0.2) is 0 Å². The smallest absolute Gasteiger partial charge is 0.140 e. The highest BCUT2D eigenvalue weighted by atomic mass is 19.1. The maximum absolute atomic E-state index is 13.6. The lowest BCUT2D eigenvalue weighted by Crippen LogP contribution is -1.94. The van der Waals surface area contributed by atoms with Gasteiger partial charge in [0.25, 0.3) is 0 Å². The summed E-state index contributed by atoms with van der Waals surface area (Å²) in [7, 11) is 0. The van der Waals surface area contributed by atoms with E-state index in [4.69, 9.17) is 4.98 Å². The monoisotopic (exact) mass is 401 g/mol. The number of aromatic nitrogens is 3. The van der Waals surface area contributed by atoms with Gasteiger partial charge >= 0.3 is 0 Å². The van der Waals surface area contributed by atoms with E-state index in [9.17, 15) is 8.78 Å². The van der Waals surface area contributed by atoms with E-state index in [1.165, 1.54) is 18.2 Å². The minimum atomic E-state index is -0.285. The van der Waals surface area contributed by atoms with Crippen LogP contribution in [0, 0.1) is 5.82 Å². The highest BCUT2D eigenvalue weighted by molar-refractivity contribution is 5.96. The Bertz CT molecular complexity index is 1290. The number of hydrogen-bond acceptors (Lipinski definition) is 1. The van der Waals surface area contributed by atoms with Crippen molar-refractivity contribution in [2.75, 3.05) is 0 Å². The molecular weight excluding hydrogens is 380 g/mol. The molecule has 30 heavy (non-hydrogen) atoms. The Morgan fingerprint density at radius 3 is 2.47 bits per heavy atom. The molecule has 2 N–H and O–H groups in total. The van der Waals surface area contributed by atoms with Crippen LogP contribution in [0.4, 0.5) is 8.78 Å². The third-order valence-electron chi connectivity index (χ3n) is 5.61. The van der Waals surface area contributed by atoms with Crippen molar-refractivity contribution in [3.05, 3.63) is 83.7 Å². The third kappa shape index (κ3) is 3.16. The maximum atomic E-state index is 13.6. The first-order valence-electron chi connectivity index (χ1n) is 10.2. The number of benzene rings is 2. The number of aryl methyl sites for hydroxylation is 1. The molecule has 2 aromatic carbocycles. The first-order valence-corrected chi connectivity index (χ1v) is 10.2. The predicted molar refractivity (Wildman–Crippen MR) is 117 cm³/mol. The Morgan fingerprint density at radius 1 is 0.933 bits per heavy atom. The van der Waals surface area contributed by atoms with Crippen LogP contribution in [0.3, 0.4) is 0 Å². The summed E-state index contributed by atoms with van der Waals surface area (Å²) in [5.74, 6) is 0.351. The number of H-pyrrole nitrogens is 2. The summed E-state index contributed by atoms with van der Waals surface area (Å²) in [6.07, 6.45) is 5.08. The Kier molecular flexibility index (Phi) is 4.58. The van der Waals surface area contributed by atoms with Gasteiger partial charge in [-0.1, -0.05) is 31.2 Å². The van der Waals surface area contributed by atoms with E-state index >= 15 is 0 Å². The zero-order valence-corrected chi connectivity index (χ0v) is 16.6. The number of nitrogens with zero attached hydrogens (tertiary/aromatic N) is 1. The first-order chi connectivity index (χ1) is 14.6. The number of allylic oxidation sites excluding steroid dienone is 4. The van der Waals surface area contributed by atoms with Crippen molar-refractivity contribution in [3.63, 3.8) is 0 Å². The van der Waals surface area contributed by atoms with Crippen molar-refractivity contribution < 1.29 is 8.78 Å². The molecule has 0 radical (unpaired) electrons. The van der Waals surface area contributed by atoms with Crippen LogP contribution in [0.2, 0.25) is 0 Å². The fourth-order valence-corrected chi connectivity index (χ4v) is 4.09. The molecule has 2 aromatic heterocycles. The average molecular weight is 401 g/mol. The molecule has 0 unspecified atom stereocenters. The average Bonchev–Trinajstić information content (AvgIpc) is 3.36. The van der Waals surface area contributed by atoms with Crippen molar-refractivity contribution in [1.82, 2.24) is 15.0 Å². The van der Waals surface area contributed by atoms with Crippen LogP contribution in [-0.4, -0.2) is 15.0 Å². The molecule has 1 aliphatic carbocycles. The number of aromatic amines is 2. The fourth-order valence-electron chi connectivity index (χ4n) is 4.09. The minimum Gasteiger partial charge on any atom is -0.358 e. The van der Waals surface area contributed by atoms with Crippen LogP contribution in [-0.2, 0) is 6.42 Å². The lowest BCUT2D eigenvalue weighted by atomic mass is 9.98. The molecule has 5 heteroatoms. The Morgan fingerprint density at radius 2 is 1.73 bits per heavy atom. The number of hydrogen-bond donors (Lipinski definition) is 2. The molecule has 0 atom stereocenters. The summed E-state index contributed by atoms with van der Waals surface area (Å²) < 4.78 is 27.1. The third-order valence-corrected chi connectivity index (χ3v) is 5.61. The second-order valence-electron chi connectivity index (χ2n) is 7.50. The summed E-state index contributed by atoms with van der Waals surface area (Å²) >= 11 is 0. The molecule has 0 bridgehead atoms. The number of imidazole rings is 1. The molecule has 3 nitrogen and oxygen atoms in total. The molecule has 4 aromatic rings. The van der Waals surface area contributed by atoms with E-state index in [1.54, 1.807) is 18.2 Å². The largest absolute Gasteiger partial charge is 0.358 e. The summed E-state index contributed by atoms with van der Waals surface area (Å²) in [6, 6.07) is 14.5. The lowest BCUT2D eigenvalue weighted by molar-refractivity contribution is 0.590. The minimum absolute atomic E-state index is 0.122. The number of nitrogens with one attached hydrogen (secondary N) is 2. The van der Waals surface area contributed by atoms with Gasteiger partial charge in [-0.05, 0) is 54.8 Å². The highest BCUT2D eigenvalue weighted by Gasteiger charge is 2.22. The van der Waals surface area contributed by atoms with E-state index in [1.807, 2.05) is 12.1 Å². The van der Waals surface area contributed by atoms with Gasteiger partial charge in [0.05, 0.1) is 11.4 Å². The first kappa shape index (κ1) is 18.6. The molecule has 150 valence electrons. The van der Waals surface area contributed by atoms with Crippen molar-refractivity contribution in [2.45, 2.75) is 26.2 Å². The van der Waals surface area contributed by atoms with Crippen LogP contribution in [0.1, 0.15) is 31.2 Å². The van der Waals surface area contributed by atoms with Gasteiger partial charge in [-0.3, -0.25) is 0 Å². The normalized spacial score (nSPS) is 14.1. The van der Waals surface area contributed by atoms with Gasteiger partial charge in [0, 0.05) is 34.1 Å². The molecule has 2 heterocycles. The molecule has 1 aliphatic rings. The maximum Gasteiger partial charge on any atom is 0.140 e. The number of halogens is 2. The van der Waals surface area contributed by atoms with Crippen LogP contribution >= 0.6 is 0 Å². The Balaban J connectivity index is 1.74. The number of rotatable bonds is 4. The predicted octanol–water partition coefficient (Wildman–Crippen LogP) is 6.96. The molecule has 0 amide bonds. The van der Waals surface area contributed by atoms with Crippen LogP contribution in [0.25, 0.3) is 39.1 Å². The number of para-hydroxylation sites is 1. The summed E-state index contributed by atoms with van der Waals surface area (Å²) in [4.78, 5) is 11.9. The lowest BCUT2D eigenvalue weighted by Gasteiger charge is -2.10. The van der Waals surface area contributed by atoms with E-state index in [-0.39, 0.29) is 11.6 Å². The van der Waals surface area contributed by atoms with Crippen molar-refractivity contribution in [2.24, 2.45) is 0 Å². The van der Waals surface area contributed by atoms with Crippen molar-refractivity contribution in [3.8, 4) is 22.6 Å². The van der Waals surface area contributed by atoms with Crippen LogP contribution in [0.5, 0.6) is 0 Å². The molecule has 5 rings (SSSR count). The standard InChI is InChI=1S/C25H21F2N3/c1-2-20-22(19-5-3-4-6-21(19)28-20)25-29-23(15-7-11-17(26)12-8-15)24(30-25)16-9-13-18(27)14-10-16/h3-9,11-13,28H,2,10,14H2,1H3,(H,29,30). The van der Waals surface area contributed by atoms with Gasteiger partial charge in [-0.25, -0.2) is 13.8 Å². The van der Waals surface area contributed by atoms with Crippen molar-refractivity contribution in [1.29, 1.82) is 0 Å². The Labute approximate surface area is 173 Å². The van der Waals surface area contributed by atoms with E-state index in [2.05, 4.69) is 29.0 Å². The molecular formula is C25H21F2N3. The topological polar surface area (TPSA) is 44.5 Å². The fraction of sp³-hybridized carbons (Fsp3) is 0.160. The van der Waals surface area contributed by atoms with Gasteiger partial charge in [-0.15, -0.1) is 0 Å². The van der Waals surface area contributed by atoms with Gasteiger partial charge < -0.3 is 9.97 Å². The molecule has 0 spiro atoms. The molecule has 0 saturated heterocycles. The molecule has 0 saturated carbocycles. The summed E-state index contributed by atoms with van der Waals surface area (Å²) in [6.45, 7) is 2.11. The second kappa shape index (κ2) is 7.41. The van der Waals surface area contributed by atoms with E-state index in [0.29, 0.717) is 12.8 Å². The molecule has 0 aliphatic heterocycles. The van der Waals surface area contributed by atoms with Crippen molar-refractivity contribution >= 4 is 16.5 Å². The van der Waals surface area contributed by atoms with Crippen LogP contribution in [0.15, 0.2) is 66.5 Å². The van der Waals surface area contributed by atoms with E-state index < -0.39 is 0 Å². The summed E-state index contributed by atoms with van der Waals surface area (Å²) in [5.41, 5.74) is 6.63. The Hall–Kier alpha value is -3.47. The van der Waals surface area contributed by atoms with Crippen LogP contribution < -0.4 is 0 Å². The second-order valence-corrected chi connectivity index (χ2v) is 7.50. The summed E-state index contributed by atoms with van der Waals surface area (Å²) in [5, 5.41) is 1.10. The van der Waals surface area contributed by atoms with Gasteiger partial charge in [0.2, 0.25) is 0 Å². The van der Waals surface area contributed by atoms with Gasteiger partial charge in [-0.2, -0.15) is 0 Å². The quantitative estimate of drug-likeness (QED) is 0.381. The zero-order chi connectivity index (χ0) is 20.7. The number of fused-ring (bicyclic) bond motifs is 1. The highest BCUT2D eigenvalue weighted by Crippen LogP contribution is 2.38.